The van der Waals surface area contributed by atoms with Gasteiger partial charge in [-0.3, -0.25) is 4.89 Å². The van der Waals surface area contributed by atoms with Gasteiger partial charge in [0.2, 0.25) is 0 Å². The van der Waals surface area contributed by atoms with E-state index in [1.807, 2.05) is 0 Å². The molecule has 3 heteroatoms. The topological polar surface area (TPSA) is 46.2 Å². The Morgan fingerprint density at radius 2 is 2.29 bits per heavy atom. The maximum Gasteiger partial charge on any atom is 0.345 e. The summed E-state index contributed by atoms with van der Waals surface area (Å²) in [5, 5.41) is 9.17. The molecule has 0 saturated carbocycles. The zero-order chi connectivity index (χ0) is 5.70. The van der Waals surface area contributed by atoms with Gasteiger partial charge in [-0.2, -0.15) is 0 Å². The molecule has 0 unspecified atom stereocenters. The van der Waals surface area contributed by atoms with Gasteiger partial charge < -0.3 is 0 Å². The van der Waals surface area contributed by atoms with E-state index in [0.29, 0.717) is 6.42 Å². The lowest BCUT2D eigenvalue weighted by atomic mass is 10.3. The molecule has 0 N–H and O–H groups in total. The third kappa shape index (κ3) is 3.26. The molecule has 0 amide bonds. The molecule has 0 aromatic rings. The predicted molar refractivity (Wildman–Crippen MR) is 21.7 cm³/mol. The molecule has 0 aliphatic carbocycles. The Labute approximate surface area is 41.8 Å². The molecule has 0 fully saturated rings. The van der Waals surface area contributed by atoms with Crippen LogP contribution in [0.15, 0.2) is 0 Å². The van der Waals surface area contributed by atoms with Crippen LogP contribution in [0.2, 0.25) is 0 Å². The first kappa shape index (κ1) is 6.43. The molecule has 0 atom stereocenters. The maximum atomic E-state index is 9.88. The fraction of sp³-hybridized carbons (Fsp3) is 0.750. The van der Waals surface area contributed by atoms with Crippen molar-refractivity contribution in [3.63, 3.8) is 0 Å². The fourth-order valence-corrected chi connectivity index (χ4v) is 0.246. The number of carbonyl (C=O) groups is 1. The van der Waals surface area contributed by atoms with E-state index in [1.54, 1.807) is 6.92 Å². The van der Waals surface area contributed by atoms with Crippen LogP contribution in [0.5, 0.6) is 0 Å². The first-order valence-corrected chi connectivity index (χ1v) is 2.14. The lowest BCUT2D eigenvalue weighted by Crippen LogP contribution is -1.96. The third-order valence-electron chi connectivity index (χ3n) is 0.547. The van der Waals surface area contributed by atoms with Crippen molar-refractivity contribution in [3.05, 3.63) is 0 Å². The van der Waals surface area contributed by atoms with Crippen LogP contribution in [0.25, 0.3) is 0 Å². The molecule has 0 bridgehead atoms. The summed E-state index contributed by atoms with van der Waals surface area (Å²) in [6.07, 6.45) is 0.893. The molecule has 0 aliphatic heterocycles. The Balaban J connectivity index is 3.00. The summed E-state index contributed by atoms with van der Waals surface area (Å²) in [6.45, 7) is 1.80. The number of rotatable bonds is 2. The van der Waals surface area contributed by atoms with Gasteiger partial charge >= 0.3 is 5.97 Å². The standard InChI is InChI=1S/C4H7O3/c1-2-3-4(5)7-6/h2-3H2,1H3. The second-order valence-electron chi connectivity index (χ2n) is 1.21. The molecule has 7 heavy (non-hydrogen) atoms. The van der Waals surface area contributed by atoms with E-state index in [4.69, 9.17) is 0 Å². The summed E-state index contributed by atoms with van der Waals surface area (Å²) in [6, 6.07) is 0. The van der Waals surface area contributed by atoms with Crippen molar-refractivity contribution in [2.75, 3.05) is 0 Å². The van der Waals surface area contributed by atoms with Gasteiger partial charge in [-0.15, -0.1) is 0 Å². The molecule has 0 rings (SSSR count). The first-order valence-electron chi connectivity index (χ1n) is 2.14. The maximum absolute atomic E-state index is 9.88. The van der Waals surface area contributed by atoms with Crippen molar-refractivity contribution in [2.24, 2.45) is 0 Å². The first-order chi connectivity index (χ1) is 3.31. The second kappa shape index (κ2) is 3.61. The van der Waals surface area contributed by atoms with Crippen molar-refractivity contribution in [3.8, 4) is 0 Å². The average molecular weight is 103 g/mol. The average Bonchev–Trinajstić information content (AvgIpc) is 1.68. The zero-order valence-corrected chi connectivity index (χ0v) is 4.14. The lowest BCUT2D eigenvalue weighted by Gasteiger charge is -1.84. The van der Waals surface area contributed by atoms with Crippen molar-refractivity contribution < 1.29 is 14.9 Å². The van der Waals surface area contributed by atoms with Crippen LogP contribution in [-0.2, 0) is 14.9 Å². The highest BCUT2D eigenvalue weighted by Gasteiger charge is 1.96. The third-order valence-corrected chi connectivity index (χ3v) is 0.547. The molecule has 41 valence electrons. The van der Waals surface area contributed by atoms with Crippen LogP contribution in [-0.4, -0.2) is 5.97 Å². The predicted octanol–water partition coefficient (Wildman–Crippen LogP) is 0.675. The summed E-state index contributed by atoms with van der Waals surface area (Å²) < 4.78 is 0. The minimum absolute atomic E-state index is 0.226. The largest absolute Gasteiger partial charge is 0.345 e. The van der Waals surface area contributed by atoms with Crippen LogP contribution in [0.4, 0.5) is 0 Å². The molecule has 0 spiro atoms. The van der Waals surface area contributed by atoms with E-state index in [9.17, 15) is 10.1 Å². The van der Waals surface area contributed by atoms with Crippen LogP contribution in [0.3, 0.4) is 0 Å². The van der Waals surface area contributed by atoms with Crippen LogP contribution in [0, 0.1) is 0 Å². The van der Waals surface area contributed by atoms with Crippen molar-refractivity contribution in [1.82, 2.24) is 0 Å². The van der Waals surface area contributed by atoms with Gasteiger partial charge in [-0.25, -0.2) is 4.79 Å². The van der Waals surface area contributed by atoms with E-state index in [1.165, 1.54) is 0 Å². The molecule has 1 radical (unpaired) electrons. The van der Waals surface area contributed by atoms with E-state index < -0.39 is 5.97 Å². The number of hydrogen-bond donors (Lipinski definition) is 0. The van der Waals surface area contributed by atoms with Crippen molar-refractivity contribution in [2.45, 2.75) is 19.8 Å². The molecular formula is C4H7O3. The molecule has 0 heterocycles. The molecular weight excluding hydrogens is 96.0 g/mol. The van der Waals surface area contributed by atoms with E-state index in [-0.39, 0.29) is 6.42 Å². The van der Waals surface area contributed by atoms with Crippen molar-refractivity contribution in [1.29, 1.82) is 0 Å². The Hall–Kier alpha value is -0.570. The van der Waals surface area contributed by atoms with E-state index in [0.717, 1.165) is 0 Å². The summed E-state index contributed by atoms with van der Waals surface area (Å²) in [5.74, 6) is -0.678. The Kier molecular flexibility index (Phi) is 3.32. The second-order valence-corrected chi connectivity index (χ2v) is 1.21. The molecule has 0 saturated heterocycles. The molecule has 0 aliphatic rings. The SMILES string of the molecule is CCCC(=O)O[O]. The smallest absolute Gasteiger partial charge is 0.266 e. The van der Waals surface area contributed by atoms with Gasteiger partial charge in [-0.05, 0) is 6.42 Å². The van der Waals surface area contributed by atoms with Crippen LogP contribution in [0.1, 0.15) is 19.8 Å². The summed E-state index contributed by atoms with van der Waals surface area (Å²) in [7, 11) is 0. The van der Waals surface area contributed by atoms with Gasteiger partial charge in [0.1, 0.15) is 0 Å². The molecule has 3 nitrogen and oxygen atoms in total. The summed E-state index contributed by atoms with van der Waals surface area (Å²) in [4.78, 5) is 13.0. The summed E-state index contributed by atoms with van der Waals surface area (Å²) in [5.41, 5.74) is 0. The van der Waals surface area contributed by atoms with Gasteiger partial charge in [-0.1, -0.05) is 6.92 Å². The van der Waals surface area contributed by atoms with Crippen molar-refractivity contribution >= 4 is 5.97 Å². The van der Waals surface area contributed by atoms with E-state index >= 15 is 0 Å². The zero-order valence-electron chi connectivity index (χ0n) is 4.14. The molecule has 0 aromatic carbocycles. The van der Waals surface area contributed by atoms with Gasteiger partial charge in [0, 0.05) is 11.7 Å². The Morgan fingerprint density at radius 3 is 2.43 bits per heavy atom. The Morgan fingerprint density at radius 1 is 1.71 bits per heavy atom. The molecule has 0 aromatic heterocycles. The number of hydrogen-bond acceptors (Lipinski definition) is 2. The fourth-order valence-electron chi connectivity index (χ4n) is 0.246. The highest BCUT2D eigenvalue weighted by atomic mass is 17.1. The van der Waals surface area contributed by atoms with Crippen LogP contribution < -0.4 is 0 Å². The lowest BCUT2D eigenvalue weighted by molar-refractivity contribution is -0.278. The highest BCUT2D eigenvalue weighted by Crippen LogP contribution is 1.87. The minimum atomic E-state index is -0.678. The van der Waals surface area contributed by atoms with Gasteiger partial charge in [0.15, 0.2) is 0 Å². The summed E-state index contributed by atoms with van der Waals surface area (Å²) >= 11 is 0. The highest BCUT2D eigenvalue weighted by molar-refractivity contribution is 5.68. The van der Waals surface area contributed by atoms with E-state index in [2.05, 4.69) is 4.89 Å². The normalized spacial score (nSPS) is 8.29. The van der Waals surface area contributed by atoms with Crippen LogP contribution >= 0.6 is 0 Å². The minimum Gasteiger partial charge on any atom is -0.266 e. The van der Waals surface area contributed by atoms with Gasteiger partial charge in [0.05, 0.1) is 0 Å². The van der Waals surface area contributed by atoms with Gasteiger partial charge in [0.25, 0.3) is 0 Å². The number of carbonyl (C=O) groups excluding carboxylic acids is 1. The quantitative estimate of drug-likeness (QED) is 0.381. The Bertz CT molecular complexity index is 60.0. The monoisotopic (exact) mass is 103 g/mol.